The Morgan fingerprint density at radius 3 is 2.67 bits per heavy atom. The van der Waals surface area contributed by atoms with E-state index in [1.807, 2.05) is 0 Å². The van der Waals surface area contributed by atoms with Crippen LogP contribution in [0, 0.1) is 0 Å². The molecule has 0 spiro atoms. The molecular formula is C20H26N6O. The molecule has 1 aromatic heterocycles. The van der Waals surface area contributed by atoms with Crippen molar-refractivity contribution in [2.75, 3.05) is 34.9 Å². The molecule has 7 nitrogen and oxygen atoms in total. The number of rotatable bonds is 3. The van der Waals surface area contributed by atoms with E-state index in [4.69, 9.17) is 14.7 Å². The number of hydrogen-bond acceptors (Lipinski definition) is 7. The molecule has 3 atom stereocenters. The Balaban J connectivity index is 1.51. The molecule has 0 bridgehead atoms. The monoisotopic (exact) mass is 366 g/mol. The number of hydrogen-bond donors (Lipinski definition) is 2. The van der Waals surface area contributed by atoms with Crippen molar-refractivity contribution in [2.45, 2.75) is 45.1 Å². The smallest absolute Gasteiger partial charge is 0.229 e. The first kappa shape index (κ1) is 16.8. The summed E-state index contributed by atoms with van der Waals surface area (Å²) in [6, 6.07) is 10.9. The van der Waals surface area contributed by atoms with Gasteiger partial charge in [0.05, 0.1) is 23.8 Å². The van der Waals surface area contributed by atoms with Gasteiger partial charge in [-0.2, -0.15) is 9.97 Å². The second-order valence-corrected chi connectivity index (χ2v) is 7.79. The van der Waals surface area contributed by atoms with Crippen molar-refractivity contribution >= 4 is 17.6 Å². The van der Waals surface area contributed by atoms with Crippen molar-refractivity contribution in [3.05, 3.63) is 41.5 Å². The van der Waals surface area contributed by atoms with Gasteiger partial charge in [0.15, 0.2) is 5.82 Å². The van der Waals surface area contributed by atoms with Gasteiger partial charge in [0.25, 0.3) is 0 Å². The van der Waals surface area contributed by atoms with E-state index in [-0.39, 0.29) is 12.2 Å². The minimum absolute atomic E-state index is 0.182. The molecule has 2 aromatic rings. The average molecular weight is 366 g/mol. The molecule has 3 unspecified atom stereocenters. The minimum atomic E-state index is 0.182. The molecule has 1 aromatic carbocycles. The molecule has 2 N–H and O–H groups in total. The van der Waals surface area contributed by atoms with E-state index in [0.717, 1.165) is 50.2 Å². The highest BCUT2D eigenvalue weighted by molar-refractivity contribution is 5.67. The van der Waals surface area contributed by atoms with Crippen molar-refractivity contribution in [2.24, 2.45) is 0 Å². The van der Waals surface area contributed by atoms with E-state index in [0.29, 0.717) is 6.04 Å². The molecule has 0 saturated carbocycles. The van der Waals surface area contributed by atoms with Gasteiger partial charge in [0.1, 0.15) is 5.82 Å². The third-order valence-corrected chi connectivity index (χ3v) is 5.53. The molecule has 142 valence electrons. The van der Waals surface area contributed by atoms with Crippen LogP contribution in [-0.2, 0) is 11.3 Å². The summed E-state index contributed by atoms with van der Waals surface area (Å²) in [4.78, 5) is 14.5. The lowest BCUT2D eigenvalue weighted by Gasteiger charge is -2.37. The first-order valence-corrected chi connectivity index (χ1v) is 9.80. The summed E-state index contributed by atoms with van der Waals surface area (Å²) in [7, 11) is 0. The SMILES string of the molecule is CC1CN(c2nc3c4c(n2)N(Cc2ccccc2)CCC4NN3)CC(C)O1. The maximum Gasteiger partial charge on any atom is 0.229 e. The highest BCUT2D eigenvalue weighted by Crippen LogP contribution is 2.41. The number of aromatic nitrogens is 2. The zero-order chi connectivity index (χ0) is 18.4. The van der Waals surface area contributed by atoms with Gasteiger partial charge < -0.3 is 20.0 Å². The van der Waals surface area contributed by atoms with Crippen LogP contribution in [0.2, 0.25) is 0 Å². The van der Waals surface area contributed by atoms with Gasteiger partial charge in [-0.25, -0.2) is 5.43 Å². The second-order valence-electron chi connectivity index (χ2n) is 7.79. The Hall–Kier alpha value is -2.38. The molecule has 7 heteroatoms. The summed E-state index contributed by atoms with van der Waals surface area (Å²) < 4.78 is 5.88. The number of ether oxygens (including phenoxy) is 1. The number of nitrogens with zero attached hydrogens (tertiary/aromatic N) is 4. The molecule has 1 fully saturated rings. The van der Waals surface area contributed by atoms with Gasteiger partial charge >= 0.3 is 0 Å². The van der Waals surface area contributed by atoms with Crippen LogP contribution in [0.15, 0.2) is 30.3 Å². The quantitative estimate of drug-likeness (QED) is 0.865. The Labute approximate surface area is 159 Å². The third-order valence-electron chi connectivity index (χ3n) is 5.53. The third kappa shape index (κ3) is 3.11. The predicted octanol–water partition coefficient (Wildman–Crippen LogP) is 2.47. The molecule has 3 aliphatic heterocycles. The Bertz CT molecular complexity index is 819. The van der Waals surface area contributed by atoms with Gasteiger partial charge in [0, 0.05) is 26.2 Å². The van der Waals surface area contributed by atoms with Crippen LogP contribution < -0.4 is 20.7 Å². The molecular weight excluding hydrogens is 340 g/mol. The first-order valence-electron chi connectivity index (χ1n) is 9.80. The lowest BCUT2D eigenvalue weighted by atomic mass is 10.0. The molecule has 1 saturated heterocycles. The molecule has 0 radical (unpaired) electrons. The Morgan fingerprint density at radius 2 is 1.89 bits per heavy atom. The lowest BCUT2D eigenvalue weighted by molar-refractivity contribution is -0.00571. The van der Waals surface area contributed by atoms with E-state index in [9.17, 15) is 0 Å². The molecule has 3 aliphatic rings. The minimum Gasteiger partial charge on any atom is -0.372 e. The van der Waals surface area contributed by atoms with Crippen LogP contribution in [-0.4, -0.2) is 41.8 Å². The van der Waals surface area contributed by atoms with Crippen molar-refractivity contribution < 1.29 is 4.74 Å². The van der Waals surface area contributed by atoms with Crippen LogP contribution in [0.5, 0.6) is 0 Å². The largest absolute Gasteiger partial charge is 0.372 e. The van der Waals surface area contributed by atoms with Gasteiger partial charge in [0.2, 0.25) is 5.95 Å². The maximum absolute atomic E-state index is 5.88. The zero-order valence-corrected chi connectivity index (χ0v) is 15.9. The lowest BCUT2D eigenvalue weighted by Crippen LogP contribution is -2.46. The van der Waals surface area contributed by atoms with E-state index in [1.54, 1.807) is 0 Å². The van der Waals surface area contributed by atoms with Crippen molar-refractivity contribution in [1.29, 1.82) is 0 Å². The second kappa shape index (κ2) is 6.65. The predicted molar refractivity (Wildman–Crippen MR) is 106 cm³/mol. The number of nitrogens with one attached hydrogen (secondary N) is 2. The summed E-state index contributed by atoms with van der Waals surface area (Å²) >= 11 is 0. The molecule has 4 heterocycles. The van der Waals surface area contributed by atoms with Crippen molar-refractivity contribution in [3.8, 4) is 0 Å². The van der Waals surface area contributed by atoms with Crippen LogP contribution in [0.4, 0.5) is 17.6 Å². The highest BCUT2D eigenvalue weighted by Gasteiger charge is 2.36. The molecule has 5 rings (SSSR count). The van der Waals surface area contributed by atoms with Crippen LogP contribution in [0.1, 0.15) is 37.4 Å². The number of benzene rings is 1. The summed E-state index contributed by atoms with van der Waals surface area (Å²) in [5, 5.41) is 0. The summed E-state index contributed by atoms with van der Waals surface area (Å²) in [5.74, 6) is 2.77. The van der Waals surface area contributed by atoms with Crippen LogP contribution >= 0.6 is 0 Å². The van der Waals surface area contributed by atoms with Crippen molar-refractivity contribution in [3.63, 3.8) is 0 Å². The fraction of sp³-hybridized carbons (Fsp3) is 0.500. The van der Waals surface area contributed by atoms with E-state index < -0.39 is 0 Å². The van der Waals surface area contributed by atoms with Crippen molar-refractivity contribution in [1.82, 2.24) is 15.4 Å². The Morgan fingerprint density at radius 1 is 1.11 bits per heavy atom. The Kier molecular flexibility index (Phi) is 4.13. The maximum atomic E-state index is 5.88. The standard InChI is InChI=1S/C20H26N6O/c1-13-10-26(11-14(2)27-13)20-21-18-17-16(23-24-18)8-9-25(19(17)22-20)12-15-6-4-3-5-7-15/h3-7,13-14,16,23H,8-12H2,1-2H3,(H,21,22,24). The number of anilines is 3. The van der Waals surface area contributed by atoms with E-state index >= 15 is 0 Å². The highest BCUT2D eigenvalue weighted by atomic mass is 16.5. The normalized spacial score (nSPS) is 26.7. The summed E-state index contributed by atoms with van der Waals surface area (Å²) in [6.45, 7) is 7.70. The summed E-state index contributed by atoms with van der Waals surface area (Å²) in [6.07, 6.45) is 1.41. The number of hydrazine groups is 1. The van der Waals surface area contributed by atoms with Gasteiger partial charge in [-0.15, -0.1) is 0 Å². The van der Waals surface area contributed by atoms with Crippen LogP contribution in [0.25, 0.3) is 0 Å². The van der Waals surface area contributed by atoms with E-state index in [2.05, 4.69) is 64.8 Å². The van der Waals surface area contributed by atoms with Gasteiger partial charge in [-0.1, -0.05) is 30.3 Å². The molecule has 27 heavy (non-hydrogen) atoms. The fourth-order valence-corrected chi connectivity index (χ4v) is 4.38. The van der Waals surface area contributed by atoms with Crippen LogP contribution in [0.3, 0.4) is 0 Å². The topological polar surface area (TPSA) is 65.6 Å². The first-order chi connectivity index (χ1) is 13.2. The van der Waals surface area contributed by atoms with Gasteiger partial charge in [-0.3, -0.25) is 0 Å². The zero-order valence-electron chi connectivity index (χ0n) is 15.9. The fourth-order valence-electron chi connectivity index (χ4n) is 4.38. The molecule has 0 amide bonds. The van der Waals surface area contributed by atoms with E-state index in [1.165, 1.54) is 11.1 Å². The average Bonchev–Trinajstić information content (AvgIpc) is 3.08. The number of morpholine rings is 1. The summed E-state index contributed by atoms with van der Waals surface area (Å²) in [5.41, 5.74) is 9.16. The molecule has 0 aliphatic carbocycles. The van der Waals surface area contributed by atoms with Gasteiger partial charge in [-0.05, 0) is 25.8 Å².